The molecule has 3 nitrogen and oxygen atoms in total. The molecule has 11 heteroatoms. The van der Waals surface area contributed by atoms with Crippen molar-refractivity contribution in [2.45, 2.75) is 39.6 Å². The normalized spacial score (nSPS) is 12.8. The first kappa shape index (κ1) is 24.8. The highest BCUT2D eigenvalue weighted by Crippen LogP contribution is 2.34. The Bertz CT molecular complexity index is 963. The second kappa shape index (κ2) is 9.33. The first-order valence-corrected chi connectivity index (χ1v) is 9.24. The molecule has 2 aromatic rings. The third-order valence-electron chi connectivity index (χ3n) is 4.46. The van der Waals surface area contributed by atoms with Gasteiger partial charge in [0, 0.05) is 5.56 Å². The van der Waals surface area contributed by atoms with Gasteiger partial charge in [0.05, 0.1) is 21.8 Å². The number of hydrogen-bond acceptors (Lipinski definition) is 3. The van der Waals surface area contributed by atoms with Gasteiger partial charge < -0.3 is 10.1 Å². The molecule has 2 aromatic carbocycles. The van der Waals surface area contributed by atoms with Gasteiger partial charge in [-0.1, -0.05) is 25.4 Å². The van der Waals surface area contributed by atoms with Gasteiger partial charge in [-0.15, -0.1) is 0 Å². The highest BCUT2D eigenvalue weighted by atomic mass is 35.5. The number of nitrogens with one attached hydrogen (secondary N) is 1. The summed E-state index contributed by atoms with van der Waals surface area (Å²) in [5.41, 5.74) is -2.98. The van der Waals surface area contributed by atoms with Crippen LogP contribution in [-0.4, -0.2) is 12.0 Å². The lowest BCUT2D eigenvalue weighted by atomic mass is 10.0. The molecule has 1 atom stereocenters. The number of carbonyl (C=O) groups excluding carboxylic acids is 1. The predicted molar refractivity (Wildman–Crippen MR) is 99.5 cm³/mol. The maximum absolute atomic E-state index is 13.9. The second-order valence-corrected chi connectivity index (χ2v) is 7.43. The van der Waals surface area contributed by atoms with Gasteiger partial charge in [0.1, 0.15) is 12.6 Å². The van der Waals surface area contributed by atoms with Crippen molar-refractivity contribution in [1.82, 2.24) is 0 Å². The molecular formula is C20H17ClF7NO2. The maximum atomic E-state index is 13.9. The molecule has 0 spiro atoms. The van der Waals surface area contributed by atoms with E-state index in [9.17, 15) is 35.5 Å². The lowest BCUT2D eigenvalue weighted by molar-refractivity contribution is -0.147. The second-order valence-electron chi connectivity index (χ2n) is 7.03. The summed E-state index contributed by atoms with van der Waals surface area (Å²) >= 11 is 5.86. The Morgan fingerprint density at radius 1 is 1.06 bits per heavy atom. The van der Waals surface area contributed by atoms with Crippen LogP contribution in [0.3, 0.4) is 0 Å². The van der Waals surface area contributed by atoms with Crippen LogP contribution in [0.1, 0.15) is 30.5 Å². The molecule has 0 saturated heterocycles. The standard InChI is InChI=1S/C20H17ClF7NO2/c1-8(2)18(29-13-5-4-10(6-12(13)21)20(26,27)28)19(30)31-7-11-16(24)14(22)9(3)15(23)17(11)25/h4-6,8,18,29H,7H2,1-3H3/t18-/m1/s1. The fraction of sp³-hybridized carbons (Fsp3) is 0.350. The summed E-state index contributed by atoms with van der Waals surface area (Å²) in [5, 5.41) is 2.29. The predicted octanol–water partition coefficient (Wildman–Crippen LogP) is 6.40. The zero-order valence-corrected chi connectivity index (χ0v) is 17.2. The van der Waals surface area contributed by atoms with Crippen LogP contribution in [0.25, 0.3) is 0 Å². The summed E-state index contributed by atoms with van der Waals surface area (Å²) in [4.78, 5) is 12.4. The van der Waals surface area contributed by atoms with E-state index in [4.69, 9.17) is 16.3 Å². The van der Waals surface area contributed by atoms with Crippen molar-refractivity contribution in [2.75, 3.05) is 5.32 Å². The lowest BCUT2D eigenvalue weighted by Gasteiger charge is -2.23. The largest absolute Gasteiger partial charge is 0.459 e. The van der Waals surface area contributed by atoms with Crippen LogP contribution in [0.15, 0.2) is 18.2 Å². The Balaban J connectivity index is 2.22. The van der Waals surface area contributed by atoms with E-state index in [-0.39, 0.29) is 10.7 Å². The highest BCUT2D eigenvalue weighted by molar-refractivity contribution is 6.33. The number of alkyl halides is 3. The summed E-state index contributed by atoms with van der Waals surface area (Å²) in [5.74, 6) is -8.17. The molecule has 0 fully saturated rings. The van der Waals surface area contributed by atoms with E-state index in [1.165, 1.54) is 0 Å². The minimum atomic E-state index is -4.62. The molecule has 2 rings (SSSR count). The lowest BCUT2D eigenvalue weighted by Crippen LogP contribution is -2.36. The number of rotatable bonds is 6. The van der Waals surface area contributed by atoms with Crippen LogP contribution < -0.4 is 5.32 Å². The van der Waals surface area contributed by atoms with Crippen molar-refractivity contribution in [3.05, 3.63) is 63.2 Å². The van der Waals surface area contributed by atoms with Crippen LogP contribution in [0.5, 0.6) is 0 Å². The monoisotopic (exact) mass is 471 g/mol. The summed E-state index contributed by atoms with van der Waals surface area (Å²) in [7, 11) is 0. The number of halogens is 8. The molecule has 0 aliphatic heterocycles. The van der Waals surface area contributed by atoms with E-state index in [0.717, 1.165) is 19.1 Å². The Hall–Kier alpha value is -2.49. The fourth-order valence-corrected chi connectivity index (χ4v) is 2.86. The number of carbonyl (C=O) groups is 1. The smallest absolute Gasteiger partial charge is 0.416 e. The molecule has 170 valence electrons. The fourth-order valence-electron chi connectivity index (χ4n) is 2.62. The number of anilines is 1. The molecule has 0 bridgehead atoms. The molecule has 31 heavy (non-hydrogen) atoms. The summed E-state index contributed by atoms with van der Waals surface area (Å²) < 4.78 is 98.3. The van der Waals surface area contributed by atoms with E-state index >= 15 is 0 Å². The van der Waals surface area contributed by atoms with Crippen molar-refractivity contribution in [1.29, 1.82) is 0 Å². The van der Waals surface area contributed by atoms with E-state index in [1.807, 2.05) is 0 Å². The average molecular weight is 472 g/mol. The van der Waals surface area contributed by atoms with Crippen molar-refractivity contribution >= 4 is 23.3 Å². The van der Waals surface area contributed by atoms with Crippen molar-refractivity contribution in [3.8, 4) is 0 Å². The SMILES string of the molecule is Cc1c(F)c(F)c(COC(=O)[C@H](Nc2ccc(C(F)(F)F)cc2Cl)C(C)C)c(F)c1F. The third kappa shape index (κ3) is 5.41. The van der Waals surface area contributed by atoms with Crippen LogP contribution in [0.4, 0.5) is 36.4 Å². The van der Waals surface area contributed by atoms with Crippen molar-refractivity contribution < 1.29 is 40.3 Å². The van der Waals surface area contributed by atoms with Crippen LogP contribution >= 0.6 is 11.6 Å². The Kier molecular flexibility index (Phi) is 7.46. The van der Waals surface area contributed by atoms with Gasteiger partial charge in [0.25, 0.3) is 0 Å². The molecule has 0 unspecified atom stereocenters. The number of esters is 1. The number of hydrogen-bond donors (Lipinski definition) is 1. The number of benzene rings is 2. The molecule has 0 saturated carbocycles. The van der Waals surface area contributed by atoms with Gasteiger partial charge in [-0.3, -0.25) is 0 Å². The molecule has 0 aromatic heterocycles. The Morgan fingerprint density at radius 2 is 1.61 bits per heavy atom. The van der Waals surface area contributed by atoms with Gasteiger partial charge in [0.2, 0.25) is 0 Å². The van der Waals surface area contributed by atoms with E-state index in [2.05, 4.69) is 5.32 Å². The third-order valence-corrected chi connectivity index (χ3v) is 4.77. The first-order chi connectivity index (χ1) is 14.3. The maximum Gasteiger partial charge on any atom is 0.416 e. The summed E-state index contributed by atoms with van der Waals surface area (Å²) in [6.45, 7) is 2.86. The highest BCUT2D eigenvalue weighted by Gasteiger charge is 2.32. The van der Waals surface area contributed by atoms with E-state index in [1.54, 1.807) is 13.8 Å². The minimum Gasteiger partial charge on any atom is -0.459 e. The van der Waals surface area contributed by atoms with Crippen LogP contribution in [0.2, 0.25) is 5.02 Å². The van der Waals surface area contributed by atoms with Gasteiger partial charge >= 0.3 is 12.1 Å². The molecule has 0 heterocycles. The van der Waals surface area contributed by atoms with Gasteiger partial charge in [0.15, 0.2) is 23.3 Å². The van der Waals surface area contributed by atoms with Gasteiger partial charge in [-0.25, -0.2) is 22.4 Å². The molecule has 0 amide bonds. The van der Waals surface area contributed by atoms with Crippen LogP contribution in [-0.2, 0) is 22.3 Å². The minimum absolute atomic E-state index is 0.0184. The number of ether oxygens (including phenoxy) is 1. The van der Waals surface area contributed by atoms with E-state index < -0.39 is 70.7 Å². The molecular weight excluding hydrogens is 455 g/mol. The molecule has 0 radical (unpaired) electrons. The quantitative estimate of drug-likeness (QED) is 0.301. The van der Waals surface area contributed by atoms with Crippen molar-refractivity contribution in [2.24, 2.45) is 5.92 Å². The topological polar surface area (TPSA) is 38.3 Å². The van der Waals surface area contributed by atoms with Crippen LogP contribution in [0, 0.1) is 36.1 Å². The van der Waals surface area contributed by atoms with Crippen molar-refractivity contribution in [3.63, 3.8) is 0 Å². The summed E-state index contributed by atoms with van der Waals surface area (Å²) in [6.07, 6.45) is -4.62. The molecule has 0 aliphatic rings. The first-order valence-electron chi connectivity index (χ1n) is 8.87. The zero-order chi connectivity index (χ0) is 23.7. The molecule has 1 N–H and O–H groups in total. The van der Waals surface area contributed by atoms with Gasteiger partial charge in [-0.05, 0) is 31.0 Å². The Morgan fingerprint density at radius 3 is 2.06 bits per heavy atom. The molecule has 0 aliphatic carbocycles. The van der Waals surface area contributed by atoms with E-state index in [0.29, 0.717) is 6.07 Å². The average Bonchev–Trinajstić information content (AvgIpc) is 2.68. The van der Waals surface area contributed by atoms with Gasteiger partial charge in [-0.2, -0.15) is 13.2 Å². The zero-order valence-electron chi connectivity index (χ0n) is 16.4. The Labute approximate surface area is 178 Å². The summed E-state index contributed by atoms with van der Waals surface area (Å²) in [6, 6.07) is 1.23.